The zero-order valence-electron chi connectivity index (χ0n) is 10.8. The summed E-state index contributed by atoms with van der Waals surface area (Å²) in [6.07, 6.45) is 0. The summed E-state index contributed by atoms with van der Waals surface area (Å²) in [4.78, 5) is 11.7. The molecule has 0 saturated carbocycles. The van der Waals surface area contributed by atoms with Crippen molar-refractivity contribution in [1.82, 2.24) is 5.32 Å². The third-order valence-electron chi connectivity index (χ3n) is 2.71. The van der Waals surface area contributed by atoms with Gasteiger partial charge in [0.1, 0.15) is 5.82 Å². The Hall–Kier alpha value is -1.92. The van der Waals surface area contributed by atoms with Crippen LogP contribution in [0.1, 0.15) is 5.56 Å². The third kappa shape index (κ3) is 3.15. The molecule has 0 saturated heterocycles. The standard InChI is InChI=1S/C14H13FN2O2S/c1-16-9-10-11(15)5-4-8-13(10)20-14-7-3-2-6-12(14)17(18)19/h2-8,16H,9H2,1H3. The van der Waals surface area contributed by atoms with Crippen LogP contribution >= 0.6 is 11.8 Å². The number of para-hydroxylation sites is 1. The molecule has 0 aliphatic rings. The normalized spacial score (nSPS) is 10.5. The lowest BCUT2D eigenvalue weighted by atomic mass is 10.2. The summed E-state index contributed by atoms with van der Waals surface area (Å²) < 4.78 is 13.8. The minimum atomic E-state index is -0.431. The van der Waals surface area contributed by atoms with Crippen molar-refractivity contribution in [3.63, 3.8) is 0 Å². The average Bonchev–Trinajstić information content (AvgIpc) is 2.43. The zero-order valence-corrected chi connectivity index (χ0v) is 11.6. The summed E-state index contributed by atoms with van der Waals surface area (Å²) >= 11 is 1.20. The van der Waals surface area contributed by atoms with Gasteiger partial charge in [0.15, 0.2) is 0 Å². The lowest BCUT2D eigenvalue weighted by Gasteiger charge is -2.10. The molecule has 0 spiro atoms. The number of nitro benzene ring substituents is 1. The summed E-state index contributed by atoms with van der Waals surface area (Å²) in [6.45, 7) is 0.371. The Morgan fingerprint density at radius 1 is 1.20 bits per heavy atom. The molecule has 0 fully saturated rings. The molecular formula is C14H13FN2O2S. The van der Waals surface area contributed by atoms with Crippen molar-refractivity contribution in [2.24, 2.45) is 0 Å². The molecule has 0 aliphatic carbocycles. The van der Waals surface area contributed by atoms with E-state index >= 15 is 0 Å². The van der Waals surface area contributed by atoms with E-state index in [-0.39, 0.29) is 11.5 Å². The second kappa shape index (κ2) is 6.49. The fourth-order valence-corrected chi connectivity index (χ4v) is 2.87. The molecule has 2 aromatic carbocycles. The Morgan fingerprint density at radius 3 is 2.60 bits per heavy atom. The van der Waals surface area contributed by atoms with Gasteiger partial charge in [0.2, 0.25) is 0 Å². The molecule has 20 heavy (non-hydrogen) atoms. The van der Waals surface area contributed by atoms with E-state index in [1.54, 1.807) is 37.4 Å². The van der Waals surface area contributed by atoms with Crippen molar-refractivity contribution < 1.29 is 9.31 Å². The minimum absolute atomic E-state index is 0.0252. The average molecular weight is 292 g/mol. The minimum Gasteiger partial charge on any atom is -0.316 e. The summed E-state index contributed by atoms with van der Waals surface area (Å²) in [5, 5.41) is 13.9. The molecule has 2 aromatic rings. The van der Waals surface area contributed by atoms with Crippen molar-refractivity contribution in [1.29, 1.82) is 0 Å². The molecule has 2 rings (SSSR count). The first-order chi connectivity index (χ1) is 9.63. The van der Waals surface area contributed by atoms with Crippen molar-refractivity contribution in [3.05, 3.63) is 64.0 Å². The highest BCUT2D eigenvalue weighted by Gasteiger charge is 2.16. The highest BCUT2D eigenvalue weighted by molar-refractivity contribution is 7.99. The number of nitro groups is 1. The summed E-state index contributed by atoms with van der Waals surface area (Å²) in [6, 6.07) is 11.2. The van der Waals surface area contributed by atoms with Gasteiger partial charge in [-0.15, -0.1) is 0 Å². The van der Waals surface area contributed by atoms with E-state index in [0.29, 0.717) is 21.9 Å². The van der Waals surface area contributed by atoms with Crippen LogP contribution in [0.2, 0.25) is 0 Å². The maximum atomic E-state index is 13.8. The summed E-state index contributed by atoms with van der Waals surface area (Å²) in [5.41, 5.74) is 0.537. The molecule has 6 heteroatoms. The van der Waals surface area contributed by atoms with Crippen LogP contribution in [-0.4, -0.2) is 12.0 Å². The molecule has 0 aliphatic heterocycles. The predicted molar refractivity (Wildman–Crippen MR) is 76.4 cm³/mol. The SMILES string of the molecule is CNCc1c(F)cccc1Sc1ccccc1[N+](=O)[O-]. The predicted octanol–water partition coefficient (Wildman–Crippen LogP) is 3.60. The Morgan fingerprint density at radius 2 is 1.90 bits per heavy atom. The lowest BCUT2D eigenvalue weighted by molar-refractivity contribution is -0.387. The van der Waals surface area contributed by atoms with Gasteiger partial charge >= 0.3 is 0 Å². The molecule has 104 valence electrons. The Balaban J connectivity index is 2.40. The van der Waals surface area contributed by atoms with E-state index < -0.39 is 4.92 Å². The van der Waals surface area contributed by atoms with Crippen LogP contribution in [0.3, 0.4) is 0 Å². The first-order valence-corrected chi connectivity index (χ1v) is 6.78. The van der Waals surface area contributed by atoms with Gasteiger partial charge in [-0.05, 0) is 25.2 Å². The maximum Gasteiger partial charge on any atom is 0.283 e. The van der Waals surface area contributed by atoms with Crippen molar-refractivity contribution in [3.8, 4) is 0 Å². The number of halogens is 1. The first kappa shape index (κ1) is 14.5. The van der Waals surface area contributed by atoms with E-state index in [4.69, 9.17) is 0 Å². The highest BCUT2D eigenvalue weighted by atomic mass is 32.2. The molecule has 0 aromatic heterocycles. The monoisotopic (exact) mass is 292 g/mol. The van der Waals surface area contributed by atoms with E-state index in [1.807, 2.05) is 0 Å². The molecule has 0 unspecified atom stereocenters. The second-order valence-corrected chi connectivity index (χ2v) is 5.16. The van der Waals surface area contributed by atoms with Crippen LogP contribution in [0.15, 0.2) is 52.3 Å². The van der Waals surface area contributed by atoms with Gasteiger partial charge in [0, 0.05) is 23.1 Å². The van der Waals surface area contributed by atoms with E-state index in [0.717, 1.165) is 0 Å². The summed E-state index contributed by atoms with van der Waals surface area (Å²) in [5.74, 6) is -0.317. The molecular weight excluding hydrogens is 279 g/mol. The van der Waals surface area contributed by atoms with Gasteiger partial charge < -0.3 is 5.32 Å². The molecule has 0 bridgehead atoms. The fourth-order valence-electron chi connectivity index (χ4n) is 1.80. The molecule has 0 heterocycles. The van der Waals surface area contributed by atoms with Gasteiger partial charge in [-0.2, -0.15) is 0 Å². The van der Waals surface area contributed by atoms with Crippen molar-refractivity contribution >= 4 is 17.4 Å². The van der Waals surface area contributed by atoms with Crippen molar-refractivity contribution in [2.75, 3.05) is 7.05 Å². The van der Waals surface area contributed by atoms with Crippen LogP contribution in [-0.2, 0) is 6.54 Å². The zero-order chi connectivity index (χ0) is 14.5. The van der Waals surface area contributed by atoms with Crippen molar-refractivity contribution in [2.45, 2.75) is 16.3 Å². The highest BCUT2D eigenvalue weighted by Crippen LogP contribution is 2.36. The van der Waals surface area contributed by atoms with Gasteiger partial charge in [-0.3, -0.25) is 10.1 Å². The smallest absolute Gasteiger partial charge is 0.283 e. The van der Waals surface area contributed by atoms with Gasteiger partial charge in [-0.25, -0.2) is 4.39 Å². The number of hydrogen-bond acceptors (Lipinski definition) is 4. The van der Waals surface area contributed by atoms with Crippen LogP contribution in [0, 0.1) is 15.9 Å². The molecule has 0 atom stereocenters. The van der Waals surface area contributed by atoms with Crippen LogP contribution in [0.4, 0.5) is 10.1 Å². The van der Waals surface area contributed by atoms with E-state index in [1.165, 1.54) is 23.9 Å². The Bertz CT molecular complexity index is 634. The number of rotatable bonds is 5. The quantitative estimate of drug-likeness (QED) is 0.675. The third-order valence-corrected chi connectivity index (χ3v) is 3.88. The number of hydrogen-bond donors (Lipinski definition) is 1. The van der Waals surface area contributed by atoms with Crippen LogP contribution < -0.4 is 5.32 Å². The number of nitrogens with one attached hydrogen (secondary N) is 1. The maximum absolute atomic E-state index is 13.8. The largest absolute Gasteiger partial charge is 0.316 e. The molecule has 0 amide bonds. The number of nitrogens with zero attached hydrogens (tertiary/aromatic N) is 1. The van der Waals surface area contributed by atoms with Gasteiger partial charge in [-0.1, -0.05) is 30.0 Å². The first-order valence-electron chi connectivity index (χ1n) is 5.96. The molecule has 1 N–H and O–H groups in total. The van der Waals surface area contributed by atoms with Gasteiger partial charge in [0.05, 0.1) is 9.82 Å². The van der Waals surface area contributed by atoms with Crippen LogP contribution in [0.5, 0.6) is 0 Å². The number of benzene rings is 2. The molecule has 4 nitrogen and oxygen atoms in total. The molecule has 0 radical (unpaired) electrons. The van der Waals surface area contributed by atoms with E-state index in [9.17, 15) is 14.5 Å². The summed E-state index contributed by atoms with van der Waals surface area (Å²) in [7, 11) is 1.73. The van der Waals surface area contributed by atoms with Gasteiger partial charge in [0.25, 0.3) is 5.69 Å². The Labute approximate surface area is 120 Å². The van der Waals surface area contributed by atoms with Crippen LogP contribution in [0.25, 0.3) is 0 Å². The lowest BCUT2D eigenvalue weighted by Crippen LogP contribution is -2.08. The second-order valence-electron chi connectivity index (χ2n) is 4.07. The van der Waals surface area contributed by atoms with E-state index in [2.05, 4.69) is 5.32 Å². The topological polar surface area (TPSA) is 55.2 Å². The fraction of sp³-hybridized carbons (Fsp3) is 0.143. The Kier molecular flexibility index (Phi) is 4.70.